The fourth-order valence-corrected chi connectivity index (χ4v) is 8.32. The van der Waals surface area contributed by atoms with Crippen LogP contribution in [0.1, 0.15) is 103 Å². The van der Waals surface area contributed by atoms with Crippen molar-refractivity contribution in [1.82, 2.24) is 24.8 Å². The summed E-state index contributed by atoms with van der Waals surface area (Å²) in [5.74, 6) is -2.73. The number of aromatic nitrogens is 4. The molecule has 2 aliphatic heterocycles. The zero-order valence-corrected chi connectivity index (χ0v) is 38.7. The molecule has 3 aromatic carbocycles. The minimum Gasteiger partial charge on any atom is -0.459 e. The van der Waals surface area contributed by atoms with Crippen LogP contribution < -0.4 is 16.6 Å². The van der Waals surface area contributed by atoms with Gasteiger partial charge in [-0.25, -0.2) is 19.4 Å². The van der Waals surface area contributed by atoms with E-state index in [-0.39, 0.29) is 48.2 Å². The van der Waals surface area contributed by atoms with E-state index in [1.807, 2.05) is 6.92 Å². The van der Waals surface area contributed by atoms with Crippen molar-refractivity contribution in [2.75, 3.05) is 32.1 Å². The van der Waals surface area contributed by atoms with Crippen molar-refractivity contribution in [2.24, 2.45) is 5.92 Å². The first-order chi connectivity index (χ1) is 33.5. The van der Waals surface area contributed by atoms with Crippen LogP contribution in [0.3, 0.4) is 0 Å². The number of H-pyrrole nitrogens is 1. The highest BCUT2D eigenvalue weighted by Crippen LogP contribution is 2.35. The van der Waals surface area contributed by atoms with Gasteiger partial charge in [-0.3, -0.25) is 19.1 Å². The number of imidazole rings is 1. The average Bonchev–Trinajstić information content (AvgIpc) is 3.93. The first-order valence-corrected chi connectivity index (χ1v) is 23.5. The molecule has 0 aliphatic carbocycles. The van der Waals surface area contributed by atoms with Crippen molar-refractivity contribution >= 4 is 40.9 Å². The lowest BCUT2D eigenvalue weighted by atomic mass is 9.91. The molecule has 19 nitrogen and oxygen atoms in total. The molecule has 0 spiro atoms. The van der Waals surface area contributed by atoms with Crippen LogP contribution in [0.15, 0.2) is 102 Å². The van der Waals surface area contributed by atoms with E-state index < -0.39 is 78.5 Å². The molecule has 69 heavy (non-hydrogen) atoms. The van der Waals surface area contributed by atoms with E-state index in [0.717, 1.165) is 25.7 Å². The molecule has 2 aromatic heterocycles. The number of hydrogen-bond donors (Lipinski definition) is 4. The second-order valence-electron chi connectivity index (χ2n) is 17.0. The molecule has 5 N–H and O–H groups in total. The maximum Gasteiger partial charge on any atom is 0.338 e. The summed E-state index contributed by atoms with van der Waals surface area (Å²) in [6.45, 7) is 4.40. The number of carbonyl (C=O) groups is 4. The Hall–Kier alpha value is -6.51. The number of ether oxygens (including phenoxy) is 7. The molecular weight excluding hydrogens is 893 g/mol. The van der Waals surface area contributed by atoms with Crippen LogP contribution in [0.2, 0.25) is 0 Å². The molecule has 2 saturated heterocycles. The van der Waals surface area contributed by atoms with Crippen LogP contribution >= 0.6 is 0 Å². The van der Waals surface area contributed by atoms with Gasteiger partial charge in [0.05, 0.1) is 29.1 Å². The lowest BCUT2D eigenvalue weighted by Crippen LogP contribution is -2.58. The highest BCUT2D eigenvalue weighted by atomic mass is 16.7. The van der Waals surface area contributed by atoms with Gasteiger partial charge in [-0.1, -0.05) is 81.3 Å². The average molecular weight is 953 g/mol. The summed E-state index contributed by atoms with van der Waals surface area (Å²) in [5, 5.41) is 14.0. The number of nitrogens with one attached hydrogen (secondary N) is 2. The molecule has 9 atom stereocenters. The van der Waals surface area contributed by atoms with Gasteiger partial charge in [-0.15, -0.1) is 0 Å². The van der Waals surface area contributed by atoms with E-state index in [9.17, 15) is 29.1 Å². The third kappa shape index (κ3) is 13.2. The van der Waals surface area contributed by atoms with Crippen LogP contribution in [-0.4, -0.2) is 118 Å². The van der Waals surface area contributed by atoms with Crippen molar-refractivity contribution in [1.29, 1.82) is 0 Å². The number of hydrogen-bond acceptors (Lipinski definition) is 16. The second kappa shape index (κ2) is 24.7. The van der Waals surface area contributed by atoms with Crippen molar-refractivity contribution in [3.05, 3.63) is 124 Å². The number of fused-ring (bicyclic) bond motifs is 1. The number of rotatable bonds is 23. The highest BCUT2D eigenvalue weighted by molar-refractivity contribution is 5.91. The summed E-state index contributed by atoms with van der Waals surface area (Å²) in [5.41, 5.74) is 6.54. The Labute approximate surface area is 398 Å². The summed E-state index contributed by atoms with van der Waals surface area (Å²) < 4.78 is 44.2. The number of anilines is 1. The topological polar surface area (TPSA) is 255 Å². The number of aromatic amines is 1. The van der Waals surface area contributed by atoms with Crippen molar-refractivity contribution in [3.63, 3.8) is 0 Å². The number of nitrogens with zero attached hydrogens (tertiary/aromatic N) is 3. The second-order valence-corrected chi connectivity index (χ2v) is 17.0. The van der Waals surface area contributed by atoms with Crippen molar-refractivity contribution < 1.29 is 57.4 Å². The SMILES string of the molecule is CC[C@H]1O[C@@H](n2cnc3c(=O)[nH]c(N)nc32)[C@@H](OCCCCCCNC(=O)CCCCO[C@@H]2O[C@H](COC(=O)c3ccccc3)[C@H](OC(=O)c3ccccc3)[C@H](OC(=O)c3ccccc3)[C@H]2C)C1O. The minimum absolute atomic E-state index is 0.0567. The standard InChI is InChI=1S/C50H60N6O13/c1-3-35-39(58)42(45(66-35)56-30-53-38-43(56)54-50(51)55-44(38)59)63-27-17-5-4-16-26-52-37(57)25-15-18-28-64-49-31(2)40(68-47(61)33-21-11-7-12-22-33)41(69-48(62)34-23-13-8-14-24-34)36(67-49)29-65-46(60)32-19-9-6-10-20-32/h6-14,19-24,30-31,35-36,39-42,45,49,58H,3-5,15-18,25-29H2,1-2H3,(H,52,57)(H3,51,54,55,59)/t31-,35-,36-,39?,40-,41+,42+,45-,49-/m1/s1. The summed E-state index contributed by atoms with van der Waals surface area (Å²) in [4.78, 5) is 75.9. The Morgan fingerprint density at radius 3 is 2.00 bits per heavy atom. The fourth-order valence-electron chi connectivity index (χ4n) is 8.32. The number of esters is 3. The van der Waals surface area contributed by atoms with Crippen LogP contribution in [0.5, 0.6) is 0 Å². The molecule has 0 radical (unpaired) electrons. The van der Waals surface area contributed by atoms with Crippen LogP contribution in [-0.2, 0) is 38.0 Å². The molecule has 7 rings (SSSR count). The molecular formula is C50H60N6O13. The van der Waals surface area contributed by atoms with Gasteiger partial charge in [0.2, 0.25) is 11.9 Å². The Balaban J connectivity index is 0.858. The van der Waals surface area contributed by atoms with E-state index in [1.165, 1.54) is 6.33 Å². The zero-order valence-electron chi connectivity index (χ0n) is 38.7. The Morgan fingerprint density at radius 2 is 1.35 bits per heavy atom. The highest BCUT2D eigenvalue weighted by Gasteiger charge is 2.50. The number of amides is 1. The number of nitrogen functional groups attached to an aromatic ring is 1. The molecule has 2 aliphatic rings. The van der Waals surface area contributed by atoms with Gasteiger partial charge in [-0.05, 0) is 68.5 Å². The number of unbranched alkanes of at least 4 members (excludes halogenated alkanes) is 4. The maximum atomic E-state index is 13.5. The first kappa shape index (κ1) is 50.4. The van der Waals surface area contributed by atoms with Gasteiger partial charge < -0.3 is 49.3 Å². The first-order valence-electron chi connectivity index (χ1n) is 23.5. The number of benzene rings is 3. The van der Waals surface area contributed by atoms with Gasteiger partial charge in [0.15, 0.2) is 29.8 Å². The smallest absolute Gasteiger partial charge is 0.338 e. The van der Waals surface area contributed by atoms with Crippen molar-refractivity contribution in [3.8, 4) is 0 Å². The molecule has 1 amide bonds. The molecule has 2 fully saturated rings. The van der Waals surface area contributed by atoms with Crippen molar-refractivity contribution in [2.45, 2.75) is 114 Å². The number of carbonyl (C=O) groups excluding carboxylic acids is 4. The lowest BCUT2D eigenvalue weighted by Gasteiger charge is -2.44. The third-order valence-electron chi connectivity index (χ3n) is 12.1. The molecule has 368 valence electrons. The van der Waals surface area contributed by atoms with Gasteiger partial charge >= 0.3 is 17.9 Å². The normalized spacial score (nSPS) is 23.3. The third-order valence-corrected chi connectivity index (χ3v) is 12.1. The van der Waals surface area contributed by atoms with Gasteiger partial charge in [-0.2, -0.15) is 4.98 Å². The summed E-state index contributed by atoms with van der Waals surface area (Å²) >= 11 is 0. The molecule has 1 unspecified atom stereocenters. The zero-order chi connectivity index (χ0) is 48.7. The van der Waals surface area contributed by atoms with Gasteiger partial charge in [0, 0.05) is 32.1 Å². The number of nitrogens with two attached hydrogens (primary N) is 1. The Bertz CT molecular complexity index is 2510. The monoisotopic (exact) mass is 952 g/mol. The van der Waals surface area contributed by atoms with E-state index in [2.05, 4.69) is 20.3 Å². The van der Waals surface area contributed by atoms with E-state index >= 15 is 0 Å². The summed E-state index contributed by atoms with van der Waals surface area (Å²) in [6.07, 6.45) is -0.662. The Morgan fingerprint density at radius 1 is 0.754 bits per heavy atom. The number of aliphatic hydroxyl groups excluding tert-OH is 1. The van der Waals surface area contributed by atoms with Gasteiger partial charge in [0.25, 0.3) is 5.56 Å². The molecule has 19 heteroatoms. The fraction of sp³-hybridized carbons (Fsp3) is 0.460. The summed E-state index contributed by atoms with van der Waals surface area (Å²) in [7, 11) is 0. The van der Waals surface area contributed by atoms with Crippen LogP contribution in [0.25, 0.3) is 11.2 Å². The van der Waals surface area contributed by atoms with Crippen LogP contribution in [0.4, 0.5) is 5.95 Å². The molecule has 0 saturated carbocycles. The molecule has 5 aromatic rings. The lowest BCUT2D eigenvalue weighted by molar-refractivity contribution is -0.281. The predicted molar refractivity (Wildman–Crippen MR) is 250 cm³/mol. The number of aliphatic hydroxyl groups is 1. The Kier molecular flexibility index (Phi) is 18.0. The predicted octanol–water partition coefficient (Wildman–Crippen LogP) is 5.29. The quantitative estimate of drug-likeness (QED) is 0.0369. The minimum atomic E-state index is -1.19. The maximum absolute atomic E-state index is 13.5. The molecule has 4 heterocycles. The largest absolute Gasteiger partial charge is 0.459 e. The summed E-state index contributed by atoms with van der Waals surface area (Å²) in [6, 6.07) is 25.2. The van der Waals surface area contributed by atoms with E-state index in [1.54, 1.807) is 102 Å². The molecule has 0 bridgehead atoms. The van der Waals surface area contributed by atoms with Crippen LogP contribution in [0, 0.1) is 5.92 Å². The van der Waals surface area contributed by atoms with Gasteiger partial charge in [0.1, 0.15) is 31.0 Å². The van der Waals surface area contributed by atoms with E-state index in [0.29, 0.717) is 43.5 Å². The van der Waals surface area contributed by atoms with E-state index in [4.69, 9.17) is 38.9 Å².